The van der Waals surface area contributed by atoms with Gasteiger partial charge in [-0.2, -0.15) is 31.6 Å². The number of pyridine rings is 1. The molecule has 0 saturated carbocycles. The largest absolute Gasteiger partial charge is 0.433 e. The lowest BCUT2D eigenvalue weighted by molar-refractivity contribution is -0.145. The molecule has 2 aromatic rings. The Labute approximate surface area is 170 Å². The normalized spacial score (nSPS) is 14.1. The zero-order valence-electron chi connectivity index (χ0n) is 14.9. The number of carbonyl (C=O) groups excluding carboxylic acids is 1. The van der Waals surface area contributed by atoms with Crippen LogP contribution in [0.4, 0.5) is 37.8 Å². The molecule has 1 aromatic carbocycles. The number of aromatic nitrogens is 1. The molecule has 3 rings (SSSR count). The lowest BCUT2D eigenvalue weighted by Gasteiger charge is -2.29. The van der Waals surface area contributed by atoms with Crippen LogP contribution in [0.15, 0.2) is 35.2 Å². The maximum Gasteiger partial charge on any atom is 0.433 e. The number of para-hydroxylation sites is 1. The van der Waals surface area contributed by atoms with Gasteiger partial charge in [0.15, 0.2) is 0 Å². The number of nitrogens with zero attached hydrogens (tertiary/aromatic N) is 3. The average molecular weight is 446 g/mol. The van der Waals surface area contributed by atoms with Crippen LogP contribution in [0.25, 0.3) is 0 Å². The van der Waals surface area contributed by atoms with E-state index in [1.54, 1.807) is 24.3 Å². The molecule has 0 radical (unpaired) electrons. The lowest BCUT2D eigenvalue weighted by Crippen LogP contribution is -2.39. The second-order valence-electron chi connectivity index (χ2n) is 6.10. The molecule has 1 aliphatic rings. The molecule has 1 N–H and O–H groups in total. The fourth-order valence-corrected chi connectivity index (χ4v) is 3.83. The number of amides is 1. The fourth-order valence-electron chi connectivity index (χ4n) is 2.84. The summed E-state index contributed by atoms with van der Waals surface area (Å²) in [5, 5.41) is 11.3. The van der Waals surface area contributed by atoms with Crippen molar-refractivity contribution in [2.75, 3.05) is 29.1 Å². The molecule has 1 amide bonds. The summed E-state index contributed by atoms with van der Waals surface area (Å²) >= 11 is 1.52. The van der Waals surface area contributed by atoms with Crippen molar-refractivity contribution in [3.63, 3.8) is 0 Å². The van der Waals surface area contributed by atoms with E-state index in [2.05, 4.69) is 10.3 Å². The fraction of sp³-hybridized carbons (Fsp3) is 0.278. The first-order valence-corrected chi connectivity index (χ1v) is 9.36. The summed E-state index contributed by atoms with van der Waals surface area (Å²) in [6.07, 6.45) is -10.4. The molecular weight excluding hydrogens is 434 g/mol. The number of thioether (sulfide) groups is 1. The van der Waals surface area contributed by atoms with E-state index in [9.17, 15) is 31.1 Å². The maximum atomic E-state index is 13.2. The number of fused-ring (bicyclic) bond motifs is 1. The van der Waals surface area contributed by atoms with Crippen LogP contribution in [-0.2, 0) is 17.1 Å². The highest BCUT2D eigenvalue weighted by Gasteiger charge is 2.41. The zero-order valence-corrected chi connectivity index (χ0v) is 15.8. The van der Waals surface area contributed by atoms with Crippen LogP contribution < -0.4 is 10.2 Å². The predicted molar refractivity (Wildman–Crippen MR) is 97.0 cm³/mol. The van der Waals surface area contributed by atoms with Crippen molar-refractivity contribution in [3.8, 4) is 6.07 Å². The Morgan fingerprint density at radius 2 is 1.90 bits per heavy atom. The molecule has 0 aliphatic carbocycles. The van der Waals surface area contributed by atoms with Crippen molar-refractivity contribution < 1.29 is 31.1 Å². The van der Waals surface area contributed by atoms with Crippen LogP contribution in [-0.4, -0.2) is 29.7 Å². The SMILES string of the molecule is N#Cc1c(C(F)(F)F)cc(C(F)(F)F)nc1NCC(=O)N1CCSc2ccccc21. The third-order valence-corrected chi connectivity index (χ3v) is 5.21. The van der Waals surface area contributed by atoms with Gasteiger partial charge in [-0.3, -0.25) is 4.79 Å². The number of nitrogens with one attached hydrogen (secondary N) is 1. The molecule has 1 aliphatic heterocycles. The monoisotopic (exact) mass is 446 g/mol. The molecule has 158 valence electrons. The van der Waals surface area contributed by atoms with Crippen LogP contribution >= 0.6 is 11.8 Å². The van der Waals surface area contributed by atoms with Gasteiger partial charge >= 0.3 is 12.4 Å². The summed E-state index contributed by atoms with van der Waals surface area (Å²) in [6, 6.07) is 7.98. The number of halogens is 6. The highest BCUT2D eigenvalue weighted by Crippen LogP contribution is 2.39. The summed E-state index contributed by atoms with van der Waals surface area (Å²) in [7, 11) is 0. The number of carbonyl (C=O) groups is 1. The molecule has 5 nitrogen and oxygen atoms in total. The number of benzene rings is 1. The van der Waals surface area contributed by atoms with Gasteiger partial charge in [-0.25, -0.2) is 4.98 Å². The Bertz CT molecular complexity index is 1020. The van der Waals surface area contributed by atoms with Crippen LogP contribution in [0.2, 0.25) is 0 Å². The Hall–Kier alpha value is -2.94. The standard InChI is InChI=1S/C18H12F6N4OS/c19-17(20,21)11-7-14(18(22,23)24)27-16(10(11)8-25)26-9-15(29)28-5-6-30-13-4-2-1-3-12(13)28/h1-4,7H,5-6,9H2,(H,26,27). The molecule has 1 aromatic heterocycles. The van der Waals surface area contributed by atoms with E-state index in [1.807, 2.05) is 0 Å². The number of nitriles is 1. The molecule has 2 heterocycles. The number of rotatable bonds is 3. The molecule has 0 saturated heterocycles. The topological polar surface area (TPSA) is 69.0 Å². The van der Waals surface area contributed by atoms with E-state index in [0.717, 1.165) is 4.90 Å². The number of hydrogen-bond acceptors (Lipinski definition) is 5. The van der Waals surface area contributed by atoms with Gasteiger partial charge in [-0.1, -0.05) is 12.1 Å². The van der Waals surface area contributed by atoms with Gasteiger partial charge in [-0.15, -0.1) is 11.8 Å². The van der Waals surface area contributed by atoms with Gasteiger partial charge in [0.2, 0.25) is 5.91 Å². The van der Waals surface area contributed by atoms with Crippen molar-refractivity contribution in [3.05, 3.63) is 47.2 Å². The Morgan fingerprint density at radius 1 is 1.20 bits per heavy atom. The lowest BCUT2D eigenvalue weighted by atomic mass is 10.1. The zero-order chi connectivity index (χ0) is 22.1. The molecule has 0 unspecified atom stereocenters. The minimum atomic E-state index is -5.21. The first-order chi connectivity index (χ1) is 14.0. The van der Waals surface area contributed by atoms with E-state index in [1.165, 1.54) is 22.7 Å². The number of hydrogen-bond donors (Lipinski definition) is 1. The minimum Gasteiger partial charge on any atom is -0.360 e. The summed E-state index contributed by atoms with van der Waals surface area (Å²) < 4.78 is 78.6. The second-order valence-corrected chi connectivity index (χ2v) is 7.24. The molecule has 0 fully saturated rings. The van der Waals surface area contributed by atoms with Crippen molar-refractivity contribution in [1.29, 1.82) is 5.26 Å². The number of alkyl halides is 6. The highest BCUT2D eigenvalue weighted by molar-refractivity contribution is 7.99. The van der Waals surface area contributed by atoms with Crippen molar-refractivity contribution in [2.24, 2.45) is 0 Å². The second kappa shape index (κ2) is 8.06. The van der Waals surface area contributed by atoms with Crippen LogP contribution in [0.3, 0.4) is 0 Å². The average Bonchev–Trinajstić information content (AvgIpc) is 2.69. The van der Waals surface area contributed by atoms with Gasteiger partial charge < -0.3 is 10.2 Å². The molecule has 0 atom stereocenters. The molecule has 12 heteroatoms. The van der Waals surface area contributed by atoms with Crippen molar-refractivity contribution >= 4 is 29.2 Å². The molecule has 30 heavy (non-hydrogen) atoms. The van der Waals surface area contributed by atoms with E-state index < -0.39 is 47.4 Å². The third kappa shape index (κ3) is 4.46. The van der Waals surface area contributed by atoms with E-state index in [0.29, 0.717) is 18.0 Å². The highest BCUT2D eigenvalue weighted by atomic mass is 32.2. The van der Waals surface area contributed by atoms with Gasteiger partial charge in [-0.05, 0) is 18.2 Å². The first-order valence-electron chi connectivity index (χ1n) is 8.38. The van der Waals surface area contributed by atoms with Gasteiger partial charge in [0.1, 0.15) is 23.1 Å². The summed E-state index contributed by atoms with van der Waals surface area (Å²) in [5.74, 6) is -0.959. The minimum absolute atomic E-state index is 0.219. The Balaban J connectivity index is 1.92. The van der Waals surface area contributed by atoms with Crippen LogP contribution in [0, 0.1) is 11.3 Å². The molecule has 0 bridgehead atoms. The Morgan fingerprint density at radius 3 is 2.53 bits per heavy atom. The van der Waals surface area contributed by atoms with Gasteiger partial charge in [0.05, 0.1) is 17.8 Å². The van der Waals surface area contributed by atoms with E-state index in [4.69, 9.17) is 5.26 Å². The summed E-state index contributed by atoms with van der Waals surface area (Å²) in [4.78, 5) is 17.9. The first kappa shape index (κ1) is 21.8. The quantitative estimate of drug-likeness (QED) is 0.702. The summed E-state index contributed by atoms with van der Waals surface area (Å²) in [5.41, 5.74) is -4.11. The molecule has 0 spiro atoms. The van der Waals surface area contributed by atoms with Crippen molar-refractivity contribution in [2.45, 2.75) is 17.2 Å². The molecular formula is C18H12F6N4OS. The van der Waals surface area contributed by atoms with Gasteiger partial charge in [0.25, 0.3) is 0 Å². The maximum absolute atomic E-state index is 13.2. The Kier molecular flexibility index (Phi) is 5.85. The summed E-state index contributed by atoms with van der Waals surface area (Å²) in [6.45, 7) is -0.323. The smallest absolute Gasteiger partial charge is 0.360 e. The van der Waals surface area contributed by atoms with E-state index in [-0.39, 0.29) is 6.07 Å². The van der Waals surface area contributed by atoms with Gasteiger partial charge in [0, 0.05) is 17.2 Å². The van der Waals surface area contributed by atoms with E-state index >= 15 is 0 Å². The van der Waals surface area contributed by atoms with Crippen LogP contribution in [0.5, 0.6) is 0 Å². The third-order valence-electron chi connectivity index (χ3n) is 4.16. The van der Waals surface area contributed by atoms with Crippen molar-refractivity contribution in [1.82, 2.24) is 4.98 Å². The van der Waals surface area contributed by atoms with Crippen LogP contribution in [0.1, 0.15) is 16.8 Å². The predicted octanol–water partition coefficient (Wildman–Crippen LogP) is 4.54. The number of anilines is 2.